The van der Waals surface area contributed by atoms with Gasteiger partial charge in [0.25, 0.3) is 0 Å². The Morgan fingerprint density at radius 1 is 0.545 bits per heavy atom. The largest absolute Gasteiger partial charge is 3.00 e. The van der Waals surface area contributed by atoms with Crippen molar-refractivity contribution in [3.8, 4) is 0 Å². The van der Waals surface area contributed by atoms with Gasteiger partial charge < -0.3 is 37.2 Å². The molecule has 0 aliphatic heterocycles. The van der Waals surface area contributed by atoms with Gasteiger partial charge in [-0.05, 0) is 99.6 Å². The smallest absolute Gasteiger partial charge is 1.00 e. The molecule has 0 unspecified atom stereocenters. The number of aryl methyl sites for hydroxylation is 6. The van der Waals surface area contributed by atoms with E-state index in [-0.39, 0.29) is 54.0 Å². The Morgan fingerprint density at radius 2 is 0.841 bits per heavy atom. The standard InChI is InChI=1S/C37H51N3.3ClH.Co/c1-7-11-16-30-22-28(5)23-31(17-12-8-2)36(30)38-26-34-20-15-21-35(40-34)27-39-37-32(18-13-9-3)24-29(6)25-33(37)19-14-10-4;;;;/h15,20-27H,7-14,16-19H2,1-6H3;3*1H;/q;;;;+3/p-3. The van der Waals surface area contributed by atoms with Gasteiger partial charge in [-0.15, -0.1) is 0 Å². The molecule has 3 nitrogen and oxygen atoms in total. The predicted octanol–water partition coefficient (Wildman–Crippen LogP) is 1.58. The summed E-state index contributed by atoms with van der Waals surface area (Å²) in [7, 11) is 0. The monoisotopic (exact) mass is 701 g/mol. The van der Waals surface area contributed by atoms with Gasteiger partial charge in [0.2, 0.25) is 0 Å². The molecule has 0 atom stereocenters. The van der Waals surface area contributed by atoms with E-state index >= 15 is 0 Å². The Bertz CT molecular complexity index is 1140. The fourth-order valence-corrected chi connectivity index (χ4v) is 5.31. The molecular formula is C37H51Cl3CoN3. The molecule has 2 aromatic carbocycles. The zero-order chi connectivity index (χ0) is 28.7. The van der Waals surface area contributed by atoms with Crippen LogP contribution >= 0.6 is 0 Å². The summed E-state index contributed by atoms with van der Waals surface area (Å²) in [5.74, 6) is 0. The maximum Gasteiger partial charge on any atom is 3.00 e. The molecule has 0 amide bonds. The molecule has 0 aliphatic carbocycles. The maximum atomic E-state index is 5.06. The van der Waals surface area contributed by atoms with E-state index < -0.39 is 0 Å². The van der Waals surface area contributed by atoms with Gasteiger partial charge in [-0.3, -0.25) is 9.98 Å². The number of aliphatic imine (C=N–C) groups is 2. The van der Waals surface area contributed by atoms with Crippen molar-refractivity contribution in [1.82, 2.24) is 4.98 Å². The molecule has 0 saturated heterocycles. The topological polar surface area (TPSA) is 37.6 Å². The zero-order valence-electron chi connectivity index (χ0n) is 27.5. The fourth-order valence-electron chi connectivity index (χ4n) is 5.31. The molecule has 0 bridgehead atoms. The molecule has 1 aromatic heterocycles. The number of aromatic nitrogens is 1. The van der Waals surface area contributed by atoms with Crippen LogP contribution in [0.4, 0.5) is 11.4 Å². The summed E-state index contributed by atoms with van der Waals surface area (Å²) in [4.78, 5) is 15.0. The second kappa shape index (κ2) is 24.5. The van der Waals surface area contributed by atoms with Gasteiger partial charge in [0.1, 0.15) is 0 Å². The normalized spacial score (nSPS) is 10.7. The van der Waals surface area contributed by atoms with Gasteiger partial charge in [0, 0.05) is 0 Å². The molecule has 0 aliphatic rings. The van der Waals surface area contributed by atoms with E-state index in [0.29, 0.717) is 0 Å². The van der Waals surface area contributed by atoms with Gasteiger partial charge in [-0.2, -0.15) is 0 Å². The second-order valence-corrected chi connectivity index (χ2v) is 11.3. The Morgan fingerprint density at radius 3 is 1.11 bits per heavy atom. The number of halogens is 3. The predicted molar refractivity (Wildman–Crippen MR) is 176 cm³/mol. The third kappa shape index (κ3) is 14.2. The summed E-state index contributed by atoms with van der Waals surface area (Å²) in [6, 6.07) is 15.4. The number of unbranched alkanes of at least 4 members (excludes halogenated alkanes) is 4. The number of rotatable bonds is 16. The van der Waals surface area contributed by atoms with E-state index in [1.54, 1.807) is 0 Å². The van der Waals surface area contributed by atoms with Crippen LogP contribution in [0, 0.1) is 13.8 Å². The average molecular weight is 703 g/mol. The van der Waals surface area contributed by atoms with E-state index in [1.807, 2.05) is 24.6 Å². The van der Waals surface area contributed by atoms with Crippen LogP contribution < -0.4 is 37.2 Å². The van der Waals surface area contributed by atoms with Crippen LogP contribution in [0.3, 0.4) is 0 Å². The third-order valence-electron chi connectivity index (χ3n) is 7.47. The quantitative estimate of drug-likeness (QED) is 0.209. The minimum atomic E-state index is 0. The molecule has 0 fully saturated rings. The van der Waals surface area contributed by atoms with Crippen molar-refractivity contribution in [3.05, 3.63) is 87.2 Å². The van der Waals surface area contributed by atoms with Gasteiger partial charge in [0.15, 0.2) is 0 Å². The number of hydrogen-bond donors (Lipinski definition) is 0. The van der Waals surface area contributed by atoms with Crippen molar-refractivity contribution in [2.75, 3.05) is 0 Å². The van der Waals surface area contributed by atoms with Crippen LogP contribution in [0.5, 0.6) is 0 Å². The number of hydrogen-bond acceptors (Lipinski definition) is 3. The number of nitrogens with zero attached hydrogens (tertiary/aromatic N) is 3. The summed E-state index contributed by atoms with van der Waals surface area (Å²) in [6.45, 7) is 13.4. The zero-order valence-corrected chi connectivity index (χ0v) is 30.8. The minimum Gasteiger partial charge on any atom is -1.00 e. The summed E-state index contributed by atoms with van der Waals surface area (Å²) in [5.41, 5.74) is 12.1. The third-order valence-corrected chi connectivity index (χ3v) is 7.47. The maximum absolute atomic E-state index is 5.06. The van der Waals surface area contributed by atoms with Crippen LogP contribution in [0.25, 0.3) is 0 Å². The molecule has 44 heavy (non-hydrogen) atoms. The van der Waals surface area contributed by atoms with E-state index in [1.165, 1.54) is 84.7 Å². The molecule has 3 rings (SSSR count). The summed E-state index contributed by atoms with van der Waals surface area (Å²) in [5, 5.41) is 0. The molecule has 0 radical (unpaired) electrons. The molecule has 1 heterocycles. The van der Waals surface area contributed by atoms with Crippen LogP contribution in [-0.2, 0) is 42.5 Å². The Hall–Kier alpha value is -1.69. The van der Waals surface area contributed by atoms with Gasteiger partial charge in [-0.1, -0.05) is 94.8 Å². The molecule has 7 heteroatoms. The molecule has 0 spiro atoms. The van der Waals surface area contributed by atoms with Gasteiger partial charge in [-0.25, -0.2) is 4.98 Å². The first-order valence-corrected chi connectivity index (χ1v) is 15.8. The van der Waals surface area contributed by atoms with Crippen molar-refractivity contribution >= 4 is 23.8 Å². The van der Waals surface area contributed by atoms with Gasteiger partial charge in [0.05, 0.1) is 35.2 Å². The summed E-state index contributed by atoms with van der Waals surface area (Å²) in [6.07, 6.45) is 17.6. The summed E-state index contributed by atoms with van der Waals surface area (Å²) >= 11 is 0. The molecule has 244 valence electrons. The van der Waals surface area contributed by atoms with Crippen LogP contribution in [-0.4, -0.2) is 17.4 Å². The minimum absolute atomic E-state index is 0. The van der Waals surface area contributed by atoms with Crippen molar-refractivity contribution in [1.29, 1.82) is 0 Å². The second-order valence-electron chi connectivity index (χ2n) is 11.3. The molecular weight excluding hydrogens is 652 g/mol. The SMILES string of the molecule is CCCCc1cc(C)cc(CCCC)c1N=Cc1cccc(C=Nc2c(CCCC)cc(C)cc2CCCC)n1.[Cl-].[Cl-].[Cl-].[Co+3]. The van der Waals surface area contributed by atoms with Crippen molar-refractivity contribution in [2.24, 2.45) is 9.98 Å². The van der Waals surface area contributed by atoms with E-state index in [0.717, 1.165) is 48.4 Å². The van der Waals surface area contributed by atoms with E-state index in [2.05, 4.69) is 71.9 Å². The van der Waals surface area contributed by atoms with Gasteiger partial charge >= 0.3 is 16.8 Å². The molecule has 0 saturated carbocycles. The Kier molecular flexibility index (Phi) is 24.8. The van der Waals surface area contributed by atoms with Crippen molar-refractivity contribution in [3.63, 3.8) is 0 Å². The Labute approximate surface area is 297 Å². The van der Waals surface area contributed by atoms with Crippen molar-refractivity contribution in [2.45, 2.75) is 119 Å². The van der Waals surface area contributed by atoms with E-state index in [4.69, 9.17) is 15.0 Å². The summed E-state index contributed by atoms with van der Waals surface area (Å²) < 4.78 is 0. The van der Waals surface area contributed by atoms with Crippen LogP contribution in [0.2, 0.25) is 0 Å². The molecule has 3 aromatic rings. The first-order valence-electron chi connectivity index (χ1n) is 15.8. The van der Waals surface area contributed by atoms with Crippen molar-refractivity contribution < 1.29 is 54.0 Å². The first-order chi connectivity index (χ1) is 19.5. The van der Waals surface area contributed by atoms with Crippen LogP contribution in [0.15, 0.2) is 52.4 Å². The number of benzene rings is 2. The first kappa shape index (κ1) is 44.4. The fraction of sp³-hybridized carbons (Fsp3) is 0.486. The molecule has 0 N–H and O–H groups in total. The van der Waals surface area contributed by atoms with Crippen LogP contribution in [0.1, 0.15) is 124 Å². The van der Waals surface area contributed by atoms with E-state index in [9.17, 15) is 0 Å². The Balaban J connectivity index is 0. The average Bonchev–Trinajstić information content (AvgIpc) is 2.95. The number of pyridine rings is 1.